The fourth-order valence-corrected chi connectivity index (χ4v) is 5.08. The number of nitrogens with one attached hydrogen (secondary N) is 2. The smallest absolute Gasteiger partial charge is 0.399 e. The van der Waals surface area contributed by atoms with Gasteiger partial charge < -0.3 is 14.6 Å². The average Bonchev–Trinajstić information content (AvgIpc) is 3.38. The van der Waals surface area contributed by atoms with Crippen molar-refractivity contribution in [2.75, 3.05) is 5.32 Å². The second-order valence-electron chi connectivity index (χ2n) is 8.58. The SMILES string of the molecule is [3H]n1nc(Nc2ccc(B3OC(C)(C)C(C)(C)O3)c(S(=O)(=O)C3CC3)c2)cc1C. The normalized spacial score (nSPS) is 21.6. The van der Waals surface area contributed by atoms with Gasteiger partial charge in [-0.1, -0.05) is 6.07 Å². The lowest BCUT2D eigenvalue weighted by atomic mass is 9.79. The van der Waals surface area contributed by atoms with E-state index in [0.29, 0.717) is 35.5 Å². The molecule has 1 saturated carbocycles. The van der Waals surface area contributed by atoms with E-state index in [2.05, 4.69) is 10.4 Å². The number of sulfone groups is 1. The Hall–Kier alpha value is -1.84. The van der Waals surface area contributed by atoms with Crippen molar-refractivity contribution >= 4 is 33.9 Å². The number of aromatic nitrogens is 2. The van der Waals surface area contributed by atoms with Gasteiger partial charge in [-0.3, -0.25) is 5.09 Å². The molecular formula is C19H26BN3O4S. The molecule has 0 spiro atoms. The van der Waals surface area contributed by atoms with E-state index >= 15 is 0 Å². The van der Waals surface area contributed by atoms with Crippen molar-refractivity contribution in [2.45, 2.75) is 68.8 Å². The summed E-state index contributed by atoms with van der Waals surface area (Å²) in [5, 5.41) is 7.81. The largest absolute Gasteiger partial charge is 0.496 e. The minimum atomic E-state index is -3.49. The Morgan fingerprint density at radius 2 is 1.86 bits per heavy atom. The van der Waals surface area contributed by atoms with E-state index in [1.807, 2.05) is 27.7 Å². The zero-order chi connectivity index (χ0) is 21.2. The number of aromatic amines is 1. The minimum absolute atomic E-state index is 0.227. The van der Waals surface area contributed by atoms with Crippen molar-refractivity contribution in [3.05, 3.63) is 30.0 Å². The quantitative estimate of drug-likeness (QED) is 0.743. The molecule has 1 aliphatic heterocycles. The molecule has 9 heteroatoms. The topological polar surface area (TPSA) is 93.3 Å². The molecule has 0 amide bonds. The summed E-state index contributed by atoms with van der Waals surface area (Å²) in [5.41, 5.74) is 0.652. The zero-order valence-electron chi connectivity index (χ0n) is 17.8. The fourth-order valence-electron chi connectivity index (χ4n) is 3.18. The number of rotatable bonds is 5. The highest BCUT2D eigenvalue weighted by atomic mass is 32.2. The molecule has 4 rings (SSSR count). The summed E-state index contributed by atoms with van der Waals surface area (Å²) >= 11 is 0. The lowest BCUT2D eigenvalue weighted by molar-refractivity contribution is 0.00578. The first-order valence-corrected chi connectivity index (χ1v) is 11.0. The van der Waals surface area contributed by atoms with Crippen molar-refractivity contribution in [1.29, 1.82) is 0 Å². The highest BCUT2D eigenvalue weighted by Crippen LogP contribution is 2.39. The van der Waals surface area contributed by atoms with Gasteiger partial charge in [-0.25, -0.2) is 8.42 Å². The van der Waals surface area contributed by atoms with Crippen molar-refractivity contribution in [1.82, 2.24) is 10.2 Å². The summed E-state index contributed by atoms with van der Waals surface area (Å²) in [4.78, 5) is 0.227. The predicted molar refractivity (Wildman–Crippen MR) is 109 cm³/mol. The van der Waals surface area contributed by atoms with E-state index in [4.69, 9.17) is 10.7 Å². The Morgan fingerprint density at radius 1 is 1.21 bits per heavy atom. The molecule has 2 fully saturated rings. The van der Waals surface area contributed by atoms with Gasteiger partial charge in [0.2, 0.25) is 0 Å². The second kappa shape index (κ2) is 6.33. The van der Waals surface area contributed by atoms with Crippen LogP contribution < -0.4 is 10.8 Å². The van der Waals surface area contributed by atoms with Crippen molar-refractivity contribution < 1.29 is 19.1 Å². The second-order valence-corrected chi connectivity index (χ2v) is 10.8. The van der Waals surface area contributed by atoms with Crippen LogP contribution in [0.4, 0.5) is 11.5 Å². The first kappa shape index (κ1) is 18.2. The van der Waals surface area contributed by atoms with Gasteiger partial charge in [0, 0.05) is 22.9 Å². The van der Waals surface area contributed by atoms with Crippen molar-refractivity contribution in [3.63, 3.8) is 0 Å². The van der Waals surface area contributed by atoms with Gasteiger partial charge in [-0.2, -0.15) is 5.10 Å². The van der Waals surface area contributed by atoms with E-state index in [1.54, 1.807) is 31.2 Å². The molecule has 0 bridgehead atoms. The Morgan fingerprint density at radius 3 is 2.39 bits per heavy atom. The van der Waals surface area contributed by atoms with Gasteiger partial charge in [0.25, 0.3) is 0 Å². The van der Waals surface area contributed by atoms with Crippen LogP contribution in [0.2, 0.25) is 1.41 Å². The van der Waals surface area contributed by atoms with Gasteiger partial charge >= 0.3 is 7.12 Å². The summed E-state index contributed by atoms with van der Waals surface area (Å²) in [6, 6.07) is 6.87. The molecule has 150 valence electrons. The molecule has 1 aliphatic carbocycles. The molecular weight excluding hydrogens is 377 g/mol. The number of benzene rings is 1. The third-order valence-corrected chi connectivity index (χ3v) is 8.04. The lowest BCUT2D eigenvalue weighted by Crippen LogP contribution is -2.41. The highest BCUT2D eigenvalue weighted by molar-refractivity contribution is 7.92. The van der Waals surface area contributed by atoms with Crippen LogP contribution in [0.3, 0.4) is 0 Å². The summed E-state index contributed by atoms with van der Waals surface area (Å²) in [6.07, 6.45) is 1.34. The third kappa shape index (κ3) is 3.36. The third-order valence-electron chi connectivity index (χ3n) is 5.72. The summed E-state index contributed by atoms with van der Waals surface area (Å²) < 4.78 is 46.2. The van der Waals surface area contributed by atoms with Crippen LogP contribution in [0.1, 0.15) is 46.2 Å². The molecule has 2 aromatic rings. The van der Waals surface area contributed by atoms with Gasteiger partial charge in [-0.15, -0.1) is 0 Å². The molecule has 1 saturated heterocycles. The van der Waals surface area contributed by atoms with E-state index in [1.165, 1.54) is 0 Å². The predicted octanol–water partition coefficient (Wildman–Crippen LogP) is 2.70. The van der Waals surface area contributed by atoms with Crippen molar-refractivity contribution in [2.24, 2.45) is 0 Å². The monoisotopic (exact) mass is 405 g/mol. The van der Waals surface area contributed by atoms with E-state index in [9.17, 15) is 8.42 Å². The fraction of sp³-hybridized carbons (Fsp3) is 0.526. The molecule has 2 N–H and O–H groups in total. The lowest BCUT2D eigenvalue weighted by Gasteiger charge is -2.32. The number of anilines is 2. The maximum Gasteiger partial charge on any atom is 0.496 e. The van der Waals surface area contributed by atoms with Gasteiger partial charge in [0.05, 0.1) is 21.3 Å². The maximum atomic E-state index is 13.2. The standard InChI is InChI=1S/C19H26BN3O4S/c1-12-10-17(23-22-12)21-13-6-9-15(16(11-13)28(24,25)14-7-8-14)20-26-18(2,3)19(4,5)27-20/h6,9-11,14H,7-8H2,1-5H3,(H2,21,22,23)/i/hT. The zero-order valence-corrected chi connectivity index (χ0v) is 17.6. The highest BCUT2D eigenvalue weighted by Gasteiger charge is 2.53. The summed E-state index contributed by atoms with van der Waals surface area (Å²) in [6.45, 7) is 9.54. The molecule has 1 aromatic carbocycles. The number of hydrogen-bond acceptors (Lipinski definition) is 6. The van der Waals surface area contributed by atoms with Gasteiger partial charge in [-0.05, 0) is 59.6 Å². The molecule has 2 heterocycles. The van der Waals surface area contributed by atoms with Crippen LogP contribution in [0.15, 0.2) is 29.2 Å². The molecule has 0 atom stereocenters. The van der Waals surface area contributed by atoms with Crippen LogP contribution in [-0.4, -0.2) is 42.2 Å². The summed E-state index contributed by atoms with van der Waals surface area (Å²) in [7, 11) is -4.25. The van der Waals surface area contributed by atoms with Crippen LogP contribution in [-0.2, 0) is 19.1 Å². The maximum absolute atomic E-state index is 13.2. The van der Waals surface area contributed by atoms with Gasteiger partial charge in [0.1, 0.15) is 0 Å². The molecule has 2 aliphatic rings. The Kier molecular flexibility index (Phi) is 4.12. The first-order valence-electron chi connectivity index (χ1n) is 9.92. The molecule has 1 aromatic heterocycles. The average molecular weight is 405 g/mol. The molecule has 28 heavy (non-hydrogen) atoms. The first-order chi connectivity index (χ1) is 13.4. The number of hydrogen-bond donors (Lipinski definition) is 2. The van der Waals surface area contributed by atoms with Crippen molar-refractivity contribution in [3.8, 4) is 0 Å². The Balaban J connectivity index is 1.74. The van der Waals surface area contributed by atoms with Crippen LogP contribution >= 0.6 is 0 Å². The number of aryl methyl sites for hydroxylation is 1. The number of H-pyrrole nitrogens is 1. The summed E-state index contributed by atoms with van der Waals surface area (Å²) in [5.74, 6) is 0.482. The Labute approximate surface area is 167 Å². The van der Waals surface area contributed by atoms with Crippen LogP contribution in [0.5, 0.6) is 0 Å². The van der Waals surface area contributed by atoms with E-state index in [-0.39, 0.29) is 10.1 Å². The Bertz CT molecular complexity index is 1030. The van der Waals surface area contributed by atoms with E-state index in [0.717, 1.165) is 5.09 Å². The van der Waals surface area contributed by atoms with Gasteiger partial charge in [0.15, 0.2) is 17.1 Å². The van der Waals surface area contributed by atoms with E-state index < -0.39 is 28.2 Å². The van der Waals surface area contributed by atoms with Crippen LogP contribution in [0, 0.1) is 6.92 Å². The molecule has 0 radical (unpaired) electrons. The molecule has 7 nitrogen and oxygen atoms in total. The number of nitrogens with zero attached hydrogens (tertiary/aromatic N) is 1. The van der Waals surface area contributed by atoms with Crippen LogP contribution in [0.25, 0.3) is 0 Å². The minimum Gasteiger partial charge on any atom is -0.399 e. The molecule has 0 unspecified atom stereocenters.